The van der Waals surface area contributed by atoms with Crippen LogP contribution in [0, 0.1) is 0 Å². The van der Waals surface area contributed by atoms with Crippen molar-refractivity contribution in [2.45, 2.75) is 44.1 Å². The molecule has 1 atom stereocenters. The lowest BCUT2D eigenvalue weighted by Gasteiger charge is -2.25. The van der Waals surface area contributed by atoms with Crippen LogP contribution in [0.25, 0.3) is 0 Å². The van der Waals surface area contributed by atoms with E-state index in [0.717, 1.165) is 0 Å². The quantitative estimate of drug-likeness (QED) is 0.730. The highest BCUT2D eigenvalue weighted by atomic mass is 15.1. The van der Waals surface area contributed by atoms with Gasteiger partial charge in [0.05, 0.1) is 0 Å². The first kappa shape index (κ1) is 10.3. The third-order valence-electron chi connectivity index (χ3n) is 4.49. The van der Waals surface area contributed by atoms with E-state index >= 15 is 0 Å². The fourth-order valence-electron chi connectivity index (χ4n) is 3.10. The van der Waals surface area contributed by atoms with Gasteiger partial charge in [0, 0.05) is 6.04 Å². The zero-order valence-electron chi connectivity index (χ0n) is 10.4. The average Bonchev–Trinajstić information content (AvgIpc) is 2.89. The second-order valence-electron chi connectivity index (χ2n) is 5.79. The van der Waals surface area contributed by atoms with Crippen LogP contribution in [-0.2, 0) is 5.41 Å². The minimum atomic E-state index is 0.500. The van der Waals surface area contributed by atoms with Crippen LogP contribution >= 0.6 is 0 Å². The summed E-state index contributed by atoms with van der Waals surface area (Å²) in [5, 5.41) is 0. The first-order valence-corrected chi connectivity index (χ1v) is 6.50. The number of rotatable bonds is 2. The Hall–Kier alpha value is -0.820. The van der Waals surface area contributed by atoms with E-state index in [0.29, 0.717) is 11.5 Å². The van der Waals surface area contributed by atoms with Gasteiger partial charge in [-0.25, -0.2) is 0 Å². The molecule has 3 rings (SSSR count). The Morgan fingerprint density at radius 3 is 2.62 bits per heavy atom. The van der Waals surface area contributed by atoms with Crippen molar-refractivity contribution in [2.75, 3.05) is 13.6 Å². The van der Waals surface area contributed by atoms with Crippen LogP contribution in [0.4, 0.5) is 0 Å². The minimum Gasteiger partial charge on any atom is -0.299 e. The van der Waals surface area contributed by atoms with Gasteiger partial charge in [0.2, 0.25) is 0 Å². The predicted octanol–water partition coefficient (Wildman–Crippen LogP) is 3.50. The molecule has 0 aromatic heterocycles. The van der Waals surface area contributed by atoms with Gasteiger partial charge in [-0.1, -0.05) is 31.2 Å². The van der Waals surface area contributed by atoms with Gasteiger partial charge < -0.3 is 0 Å². The second kappa shape index (κ2) is 3.59. The van der Waals surface area contributed by atoms with Crippen LogP contribution in [0.1, 0.15) is 49.8 Å². The van der Waals surface area contributed by atoms with Crippen molar-refractivity contribution >= 4 is 0 Å². The van der Waals surface area contributed by atoms with Crippen LogP contribution in [0.15, 0.2) is 24.3 Å². The molecular weight excluding hydrogens is 194 g/mol. The zero-order chi connectivity index (χ0) is 11.2. The normalized spacial score (nSPS) is 28.2. The number of hydrogen-bond donors (Lipinski definition) is 0. The summed E-state index contributed by atoms with van der Waals surface area (Å²) in [6.07, 6.45) is 5.44. The monoisotopic (exact) mass is 215 g/mol. The first-order valence-electron chi connectivity index (χ1n) is 6.50. The highest BCUT2D eigenvalue weighted by Crippen LogP contribution is 2.50. The summed E-state index contributed by atoms with van der Waals surface area (Å²) in [7, 11) is 2.27. The maximum Gasteiger partial charge on any atom is 0.0348 e. The van der Waals surface area contributed by atoms with E-state index in [1.165, 1.54) is 32.2 Å². The molecule has 0 spiro atoms. The topological polar surface area (TPSA) is 3.24 Å². The van der Waals surface area contributed by atoms with E-state index in [1.807, 2.05) is 0 Å². The van der Waals surface area contributed by atoms with Crippen molar-refractivity contribution in [1.82, 2.24) is 4.90 Å². The van der Waals surface area contributed by atoms with Crippen molar-refractivity contribution in [3.63, 3.8) is 0 Å². The van der Waals surface area contributed by atoms with Gasteiger partial charge in [-0.15, -0.1) is 0 Å². The molecule has 0 radical (unpaired) electrons. The number of likely N-dealkylation sites (tertiary alicyclic amines) is 1. The Labute approximate surface area is 98.5 Å². The molecule has 0 bridgehead atoms. The number of hydrogen-bond acceptors (Lipinski definition) is 1. The Kier molecular flexibility index (Phi) is 2.32. The molecule has 1 nitrogen and oxygen atoms in total. The lowest BCUT2D eigenvalue weighted by atomic mass is 9.89. The fourth-order valence-corrected chi connectivity index (χ4v) is 3.10. The largest absolute Gasteiger partial charge is 0.299 e. The first-order chi connectivity index (χ1) is 7.71. The molecule has 0 N–H and O–H groups in total. The van der Waals surface area contributed by atoms with Crippen LogP contribution in [-0.4, -0.2) is 18.5 Å². The Morgan fingerprint density at radius 2 is 2.00 bits per heavy atom. The van der Waals surface area contributed by atoms with E-state index in [-0.39, 0.29) is 0 Å². The molecule has 1 unspecified atom stereocenters. The van der Waals surface area contributed by atoms with E-state index in [2.05, 4.69) is 43.1 Å². The van der Waals surface area contributed by atoms with Crippen molar-refractivity contribution in [3.8, 4) is 0 Å². The maximum atomic E-state index is 2.52. The predicted molar refractivity (Wildman–Crippen MR) is 67.6 cm³/mol. The van der Waals surface area contributed by atoms with Gasteiger partial charge in [-0.2, -0.15) is 0 Å². The van der Waals surface area contributed by atoms with Crippen molar-refractivity contribution in [2.24, 2.45) is 0 Å². The van der Waals surface area contributed by atoms with Crippen LogP contribution in [0.2, 0.25) is 0 Å². The smallest absolute Gasteiger partial charge is 0.0348 e. The molecule has 1 aliphatic carbocycles. The SMILES string of the molecule is CN1CCCC1c1ccccc1C1(C)CC1. The molecule has 0 amide bonds. The van der Waals surface area contributed by atoms with Gasteiger partial charge in [0.25, 0.3) is 0 Å². The van der Waals surface area contributed by atoms with Gasteiger partial charge in [-0.05, 0) is 55.8 Å². The molecule has 1 aromatic rings. The molecular formula is C15H21N. The molecule has 1 saturated carbocycles. The molecule has 86 valence electrons. The van der Waals surface area contributed by atoms with Crippen molar-refractivity contribution < 1.29 is 0 Å². The maximum absolute atomic E-state index is 2.52. The van der Waals surface area contributed by atoms with Crippen LogP contribution in [0.3, 0.4) is 0 Å². The summed E-state index contributed by atoms with van der Waals surface area (Å²) in [6.45, 7) is 3.68. The fraction of sp³-hybridized carbons (Fsp3) is 0.600. The summed E-state index contributed by atoms with van der Waals surface area (Å²) >= 11 is 0. The molecule has 1 heteroatoms. The number of nitrogens with zero attached hydrogens (tertiary/aromatic N) is 1. The molecule has 16 heavy (non-hydrogen) atoms. The average molecular weight is 215 g/mol. The van der Waals surface area contributed by atoms with E-state index in [9.17, 15) is 0 Å². The minimum absolute atomic E-state index is 0.500. The van der Waals surface area contributed by atoms with Crippen molar-refractivity contribution in [1.29, 1.82) is 0 Å². The molecule has 1 aliphatic heterocycles. The van der Waals surface area contributed by atoms with Gasteiger partial charge in [0.15, 0.2) is 0 Å². The number of benzene rings is 1. The molecule has 1 heterocycles. The third-order valence-corrected chi connectivity index (χ3v) is 4.49. The molecule has 1 aromatic carbocycles. The zero-order valence-corrected chi connectivity index (χ0v) is 10.4. The summed E-state index contributed by atoms with van der Waals surface area (Å²) in [5.41, 5.74) is 3.72. The standard InChI is InChI=1S/C15H21N/c1-15(9-10-15)13-7-4-3-6-12(13)14-8-5-11-16(14)2/h3-4,6-7,14H,5,8-11H2,1-2H3. The third kappa shape index (κ3) is 1.58. The Morgan fingerprint density at radius 1 is 1.25 bits per heavy atom. The van der Waals surface area contributed by atoms with Crippen LogP contribution in [0.5, 0.6) is 0 Å². The van der Waals surface area contributed by atoms with Crippen LogP contribution < -0.4 is 0 Å². The molecule has 2 aliphatic rings. The summed E-state index contributed by atoms with van der Waals surface area (Å²) in [6, 6.07) is 9.79. The molecule has 2 fully saturated rings. The van der Waals surface area contributed by atoms with E-state index < -0.39 is 0 Å². The lowest BCUT2D eigenvalue weighted by Crippen LogP contribution is -2.20. The Balaban J connectivity index is 2.00. The highest BCUT2D eigenvalue weighted by molar-refractivity contribution is 5.39. The lowest BCUT2D eigenvalue weighted by molar-refractivity contribution is 0.315. The summed E-state index contributed by atoms with van der Waals surface area (Å²) in [5.74, 6) is 0. The highest BCUT2D eigenvalue weighted by Gasteiger charge is 2.41. The Bertz CT molecular complexity index is 392. The van der Waals surface area contributed by atoms with E-state index in [1.54, 1.807) is 11.1 Å². The van der Waals surface area contributed by atoms with Gasteiger partial charge in [-0.3, -0.25) is 4.90 Å². The summed E-state index contributed by atoms with van der Waals surface area (Å²) < 4.78 is 0. The van der Waals surface area contributed by atoms with Crippen molar-refractivity contribution in [3.05, 3.63) is 35.4 Å². The summed E-state index contributed by atoms with van der Waals surface area (Å²) in [4.78, 5) is 2.52. The van der Waals surface area contributed by atoms with Gasteiger partial charge >= 0.3 is 0 Å². The van der Waals surface area contributed by atoms with E-state index in [4.69, 9.17) is 0 Å². The molecule has 1 saturated heterocycles. The second-order valence-corrected chi connectivity index (χ2v) is 5.79. The van der Waals surface area contributed by atoms with Gasteiger partial charge in [0.1, 0.15) is 0 Å².